The number of anilines is 1. The molecule has 0 unspecified atom stereocenters. The fraction of sp³-hybridized carbons (Fsp3) is 0.538. The Morgan fingerprint density at radius 1 is 1.42 bits per heavy atom. The van der Waals surface area contributed by atoms with E-state index < -0.39 is 5.60 Å². The molecule has 0 aliphatic carbocycles. The lowest BCUT2D eigenvalue weighted by atomic mass is 9.98. The molecule has 6 heteroatoms. The summed E-state index contributed by atoms with van der Waals surface area (Å²) in [5.74, 6) is -0.326. The second-order valence-electron chi connectivity index (χ2n) is 4.64. The maximum Gasteiger partial charge on any atom is 0.251 e. The molecule has 1 heterocycles. The summed E-state index contributed by atoms with van der Waals surface area (Å²) in [6, 6.07) is 2.81. The van der Waals surface area contributed by atoms with E-state index in [1.807, 2.05) is 13.8 Å². The number of carbonyl (C=O) groups is 1. The van der Waals surface area contributed by atoms with Gasteiger partial charge in [0.15, 0.2) is 0 Å². The van der Waals surface area contributed by atoms with Gasteiger partial charge in [-0.25, -0.2) is 0 Å². The first kappa shape index (κ1) is 15.2. The van der Waals surface area contributed by atoms with Crippen LogP contribution in [0.5, 0.6) is 0 Å². The number of rotatable bonds is 6. The second-order valence-corrected chi connectivity index (χ2v) is 4.64. The second kappa shape index (κ2) is 6.38. The number of hydrogen-bond acceptors (Lipinski definition) is 4. The highest BCUT2D eigenvalue weighted by atomic mass is 16.3. The van der Waals surface area contributed by atoms with Crippen LogP contribution in [0, 0.1) is 0 Å². The van der Waals surface area contributed by atoms with E-state index in [-0.39, 0.29) is 24.6 Å². The third kappa shape index (κ3) is 4.40. The highest BCUT2D eigenvalue weighted by Gasteiger charge is 2.22. The Morgan fingerprint density at radius 2 is 2.05 bits per heavy atom. The number of nitrogens with one attached hydrogen (secondary N) is 1. The van der Waals surface area contributed by atoms with Gasteiger partial charge in [-0.3, -0.25) is 9.59 Å². The lowest BCUT2D eigenvalue weighted by Gasteiger charge is -2.25. The summed E-state index contributed by atoms with van der Waals surface area (Å²) in [7, 11) is 0. The summed E-state index contributed by atoms with van der Waals surface area (Å²) in [5, 5.41) is 12.7. The van der Waals surface area contributed by atoms with Gasteiger partial charge in [0.1, 0.15) is 6.54 Å². The summed E-state index contributed by atoms with van der Waals surface area (Å²) in [5.41, 5.74) is 4.80. The molecule has 1 rings (SSSR count). The number of amides is 1. The molecule has 106 valence electrons. The van der Waals surface area contributed by atoms with Gasteiger partial charge < -0.3 is 20.7 Å². The van der Waals surface area contributed by atoms with Crippen molar-refractivity contribution in [2.24, 2.45) is 0 Å². The summed E-state index contributed by atoms with van der Waals surface area (Å²) < 4.78 is 1.24. The molecule has 6 nitrogen and oxygen atoms in total. The van der Waals surface area contributed by atoms with Gasteiger partial charge in [0.05, 0.1) is 5.60 Å². The number of aliphatic hydroxyl groups is 1. The molecule has 0 saturated heterocycles. The maximum atomic E-state index is 11.7. The molecule has 19 heavy (non-hydrogen) atoms. The first-order valence-corrected chi connectivity index (χ1v) is 6.35. The van der Waals surface area contributed by atoms with Crippen molar-refractivity contribution < 1.29 is 9.90 Å². The molecule has 1 aromatic heterocycles. The van der Waals surface area contributed by atoms with Crippen molar-refractivity contribution in [1.29, 1.82) is 0 Å². The predicted molar refractivity (Wildman–Crippen MR) is 73.7 cm³/mol. The lowest BCUT2D eigenvalue weighted by molar-refractivity contribution is -0.123. The van der Waals surface area contributed by atoms with E-state index in [1.165, 1.54) is 22.9 Å². The molecular formula is C13H21N3O3. The number of aromatic nitrogens is 1. The molecule has 0 aromatic carbocycles. The first-order chi connectivity index (χ1) is 8.90. The van der Waals surface area contributed by atoms with E-state index in [4.69, 9.17) is 5.73 Å². The molecule has 0 fully saturated rings. The number of pyridine rings is 1. The topological polar surface area (TPSA) is 97.3 Å². The number of hydrogen-bond donors (Lipinski definition) is 3. The molecule has 1 aromatic rings. The van der Waals surface area contributed by atoms with Gasteiger partial charge in [-0.1, -0.05) is 13.8 Å². The van der Waals surface area contributed by atoms with Gasteiger partial charge in [0.2, 0.25) is 5.91 Å². The average Bonchev–Trinajstić information content (AvgIpc) is 2.40. The largest absolute Gasteiger partial charge is 0.398 e. The third-order valence-corrected chi connectivity index (χ3v) is 3.25. The molecule has 1 amide bonds. The summed E-state index contributed by atoms with van der Waals surface area (Å²) >= 11 is 0. The van der Waals surface area contributed by atoms with Crippen LogP contribution < -0.4 is 16.6 Å². The van der Waals surface area contributed by atoms with Gasteiger partial charge in [0, 0.05) is 24.5 Å². The minimum Gasteiger partial charge on any atom is -0.398 e. The smallest absolute Gasteiger partial charge is 0.251 e. The molecule has 0 radical (unpaired) electrons. The van der Waals surface area contributed by atoms with E-state index in [9.17, 15) is 14.7 Å². The maximum absolute atomic E-state index is 11.7. The van der Waals surface area contributed by atoms with Gasteiger partial charge >= 0.3 is 0 Å². The Balaban J connectivity index is 2.61. The minimum atomic E-state index is -0.893. The van der Waals surface area contributed by atoms with Crippen molar-refractivity contribution in [2.45, 2.75) is 38.8 Å². The van der Waals surface area contributed by atoms with Crippen molar-refractivity contribution in [3.05, 3.63) is 28.7 Å². The quantitative estimate of drug-likeness (QED) is 0.681. The highest BCUT2D eigenvalue weighted by molar-refractivity contribution is 5.75. The van der Waals surface area contributed by atoms with E-state index >= 15 is 0 Å². The Morgan fingerprint density at radius 3 is 2.63 bits per heavy atom. The predicted octanol–water partition coefficient (Wildman–Crippen LogP) is 0.0978. The highest BCUT2D eigenvalue weighted by Crippen LogP contribution is 2.12. The molecule has 0 atom stereocenters. The zero-order chi connectivity index (χ0) is 14.5. The Bertz CT molecular complexity index is 492. The van der Waals surface area contributed by atoms with Crippen molar-refractivity contribution in [2.75, 3.05) is 12.3 Å². The number of nitrogens with two attached hydrogens (primary N) is 1. The van der Waals surface area contributed by atoms with Crippen LogP contribution >= 0.6 is 0 Å². The molecule has 0 bridgehead atoms. The van der Waals surface area contributed by atoms with E-state index in [0.29, 0.717) is 18.5 Å². The van der Waals surface area contributed by atoms with Crippen molar-refractivity contribution >= 4 is 11.6 Å². The first-order valence-electron chi connectivity index (χ1n) is 6.35. The zero-order valence-corrected chi connectivity index (χ0v) is 11.3. The van der Waals surface area contributed by atoms with E-state index in [2.05, 4.69) is 5.32 Å². The minimum absolute atomic E-state index is 0.104. The summed E-state index contributed by atoms with van der Waals surface area (Å²) in [6.07, 6.45) is 2.54. The van der Waals surface area contributed by atoms with Crippen LogP contribution in [-0.2, 0) is 11.3 Å². The van der Waals surface area contributed by atoms with Gasteiger partial charge in [-0.2, -0.15) is 0 Å². The number of carbonyl (C=O) groups excluding carboxylic acids is 1. The Labute approximate surface area is 112 Å². The van der Waals surface area contributed by atoms with Crippen LogP contribution in [0.2, 0.25) is 0 Å². The fourth-order valence-corrected chi connectivity index (χ4v) is 1.65. The lowest BCUT2D eigenvalue weighted by Crippen LogP contribution is -2.43. The van der Waals surface area contributed by atoms with Crippen LogP contribution in [0.15, 0.2) is 23.1 Å². The van der Waals surface area contributed by atoms with Crippen molar-refractivity contribution in [3.8, 4) is 0 Å². The van der Waals surface area contributed by atoms with E-state index in [1.54, 1.807) is 0 Å². The normalized spacial score (nSPS) is 11.3. The van der Waals surface area contributed by atoms with Crippen molar-refractivity contribution in [1.82, 2.24) is 9.88 Å². The SMILES string of the molecule is CCC(O)(CC)CNC(=O)Cn1cc(N)ccc1=O. The molecule has 4 N–H and O–H groups in total. The van der Waals surface area contributed by atoms with Crippen LogP contribution in [-0.4, -0.2) is 27.7 Å². The van der Waals surface area contributed by atoms with Crippen LogP contribution in [0.3, 0.4) is 0 Å². The zero-order valence-electron chi connectivity index (χ0n) is 11.3. The molecular weight excluding hydrogens is 246 g/mol. The van der Waals surface area contributed by atoms with Gasteiger partial charge in [0.25, 0.3) is 5.56 Å². The fourth-order valence-electron chi connectivity index (χ4n) is 1.65. The summed E-state index contributed by atoms with van der Waals surface area (Å²) in [6.45, 7) is 3.79. The molecule has 0 spiro atoms. The summed E-state index contributed by atoms with van der Waals surface area (Å²) in [4.78, 5) is 23.2. The average molecular weight is 267 g/mol. The monoisotopic (exact) mass is 267 g/mol. The Kier molecular flexibility index (Phi) is 5.11. The number of nitrogens with zero attached hydrogens (tertiary/aromatic N) is 1. The van der Waals surface area contributed by atoms with Gasteiger partial charge in [-0.05, 0) is 18.9 Å². The van der Waals surface area contributed by atoms with Crippen molar-refractivity contribution in [3.63, 3.8) is 0 Å². The number of nitrogen functional groups attached to an aromatic ring is 1. The van der Waals surface area contributed by atoms with Gasteiger partial charge in [-0.15, -0.1) is 0 Å². The van der Waals surface area contributed by atoms with Crippen LogP contribution in [0.25, 0.3) is 0 Å². The third-order valence-electron chi connectivity index (χ3n) is 3.25. The molecule has 0 aliphatic rings. The standard InChI is InChI=1S/C13H21N3O3/c1-3-13(19,4-2)9-15-11(17)8-16-7-10(14)5-6-12(16)18/h5-7,19H,3-4,8-9,14H2,1-2H3,(H,15,17). The van der Waals surface area contributed by atoms with Crippen LogP contribution in [0.4, 0.5) is 5.69 Å². The Hall–Kier alpha value is -1.82. The molecule has 0 aliphatic heterocycles. The van der Waals surface area contributed by atoms with E-state index in [0.717, 1.165) is 0 Å². The van der Waals surface area contributed by atoms with Crippen LogP contribution in [0.1, 0.15) is 26.7 Å². The molecule has 0 saturated carbocycles.